The van der Waals surface area contributed by atoms with Crippen LogP contribution in [0.2, 0.25) is 0 Å². The van der Waals surface area contributed by atoms with Crippen LogP contribution in [0.4, 0.5) is 0 Å². The molecule has 0 saturated carbocycles. The third kappa shape index (κ3) is 4.59. The molecular formula is C17H25NO3. The van der Waals surface area contributed by atoms with Crippen LogP contribution in [0, 0.1) is 5.92 Å². The van der Waals surface area contributed by atoms with E-state index in [1.54, 1.807) is 0 Å². The molecule has 2 unspecified atom stereocenters. The molecule has 0 radical (unpaired) electrons. The number of rotatable bonds is 7. The van der Waals surface area contributed by atoms with Crippen molar-refractivity contribution in [3.05, 3.63) is 35.9 Å². The quantitative estimate of drug-likeness (QED) is 0.839. The van der Waals surface area contributed by atoms with Gasteiger partial charge in [0.2, 0.25) is 5.91 Å². The van der Waals surface area contributed by atoms with Crippen molar-refractivity contribution in [1.29, 1.82) is 0 Å². The number of nitrogens with zero attached hydrogens (tertiary/aromatic N) is 1. The molecule has 0 aliphatic rings. The zero-order valence-corrected chi connectivity index (χ0v) is 13.2. The van der Waals surface area contributed by atoms with Crippen LogP contribution in [0.1, 0.15) is 45.6 Å². The van der Waals surface area contributed by atoms with Gasteiger partial charge in [-0.1, -0.05) is 50.6 Å². The van der Waals surface area contributed by atoms with Gasteiger partial charge in [-0.25, -0.2) is 0 Å². The first-order valence-electron chi connectivity index (χ1n) is 7.45. The molecule has 0 spiro atoms. The zero-order chi connectivity index (χ0) is 16.0. The SMILES string of the molecule is CCC(C)C(C(=O)N(CC(=O)O)C(C)C)c1ccccc1. The summed E-state index contributed by atoms with van der Waals surface area (Å²) in [5.41, 5.74) is 0.952. The highest BCUT2D eigenvalue weighted by Crippen LogP contribution is 2.29. The molecule has 1 aromatic carbocycles. The molecule has 0 heterocycles. The minimum Gasteiger partial charge on any atom is -0.480 e. The van der Waals surface area contributed by atoms with Crippen molar-refractivity contribution in [2.75, 3.05) is 6.54 Å². The second kappa shape index (κ2) is 7.81. The molecule has 1 rings (SSSR count). The van der Waals surface area contributed by atoms with Crippen LogP contribution in [0.15, 0.2) is 30.3 Å². The van der Waals surface area contributed by atoms with Crippen LogP contribution >= 0.6 is 0 Å². The summed E-state index contributed by atoms with van der Waals surface area (Å²) in [5.74, 6) is -1.21. The largest absolute Gasteiger partial charge is 0.480 e. The van der Waals surface area contributed by atoms with E-state index in [2.05, 4.69) is 0 Å². The Hall–Kier alpha value is -1.84. The van der Waals surface area contributed by atoms with E-state index in [0.29, 0.717) is 0 Å². The van der Waals surface area contributed by atoms with Gasteiger partial charge < -0.3 is 10.0 Å². The first-order chi connectivity index (χ1) is 9.88. The number of aliphatic carboxylic acids is 1. The van der Waals surface area contributed by atoms with Gasteiger partial charge in [-0.3, -0.25) is 9.59 Å². The standard InChI is InChI=1S/C17H25NO3/c1-5-13(4)16(14-9-7-6-8-10-14)17(21)18(12(2)3)11-15(19)20/h6-10,12-13,16H,5,11H2,1-4H3,(H,19,20). The predicted octanol–water partition coefficient (Wildman–Crippen LogP) is 3.14. The number of carbonyl (C=O) groups excluding carboxylic acids is 1. The summed E-state index contributed by atoms with van der Waals surface area (Å²) >= 11 is 0. The Labute approximate surface area is 126 Å². The first kappa shape index (κ1) is 17.2. The van der Waals surface area contributed by atoms with Gasteiger partial charge in [-0.05, 0) is 25.3 Å². The fourth-order valence-electron chi connectivity index (χ4n) is 2.45. The van der Waals surface area contributed by atoms with E-state index in [1.807, 2.05) is 58.0 Å². The van der Waals surface area contributed by atoms with E-state index < -0.39 is 5.97 Å². The minimum atomic E-state index is -0.979. The van der Waals surface area contributed by atoms with Crippen molar-refractivity contribution >= 4 is 11.9 Å². The third-order valence-corrected chi connectivity index (χ3v) is 3.85. The predicted molar refractivity (Wildman–Crippen MR) is 83.1 cm³/mol. The molecule has 0 bridgehead atoms. The Morgan fingerprint density at radius 1 is 1.14 bits per heavy atom. The van der Waals surface area contributed by atoms with Crippen molar-refractivity contribution in [2.24, 2.45) is 5.92 Å². The highest BCUT2D eigenvalue weighted by molar-refractivity contribution is 5.87. The zero-order valence-electron chi connectivity index (χ0n) is 13.2. The molecule has 21 heavy (non-hydrogen) atoms. The van der Waals surface area contributed by atoms with Gasteiger partial charge in [0.15, 0.2) is 0 Å². The summed E-state index contributed by atoms with van der Waals surface area (Å²) in [5, 5.41) is 9.04. The summed E-state index contributed by atoms with van der Waals surface area (Å²) in [6.45, 7) is 7.52. The van der Waals surface area contributed by atoms with Crippen molar-refractivity contribution in [1.82, 2.24) is 4.90 Å². The maximum atomic E-state index is 12.9. The Morgan fingerprint density at radius 2 is 1.71 bits per heavy atom. The lowest BCUT2D eigenvalue weighted by Gasteiger charge is -2.32. The molecule has 116 valence electrons. The first-order valence-corrected chi connectivity index (χ1v) is 7.45. The molecule has 1 N–H and O–H groups in total. The van der Waals surface area contributed by atoms with Gasteiger partial charge in [0.1, 0.15) is 6.54 Å². The number of carboxylic acids is 1. The molecule has 0 fully saturated rings. The van der Waals surface area contributed by atoms with Gasteiger partial charge >= 0.3 is 5.97 Å². The Balaban J connectivity index is 3.12. The average Bonchev–Trinajstić information content (AvgIpc) is 2.45. The third-order valence-electron chi connectivity index (χ3n) is 3.85. The van der Waals surface area contributed by atoms with Crippen molar-refractivity contribution in [3.8, 4) is 0 Å². The van der Waals surface area contributed by atoms with Crippen molar-refractivity contribution in [2.45, 2.75) is 46.1 Å². The van der Waals surface area contributed by atoms with Crippen LogP contribution in [-0.4, -0.2) is 34.5 Å². The maximum absolute atomic E-state index is 12.9. The van der Waals surface area contributed by atoms with Crippen LogP contribution in [-0.2, 0) is 9.59 Å². The molecule has 0 saturated heterocycles. The summed E-state index contributed by atoms with van der Waals surface area (Å²) in [4.78, 5) is 25.4. The maximum Gasteiger partial charge on any atom is 0.323 e. The van der Waals surface area contributed by atoms with Gasteiger partial charge in [-0.2, -0.15) is 0 Å². The minimum absolute atomic E-state index is 0.104. The summed E-state index contributed by atoms with van der Waals surface area (Å²) in [7, 11) is 0. The number of amides is 1. The summed E-state index contributed by atoms with van der Waals surface area (Å²) < 4.78 is 0. The molecule has 0 aliphatic carbocycles. The number of hydrogen-bond acceptors (Lipinski definition) is 2. The molecule has 1 aromatic rings. The number of benzene rings is 1. The molecule has 2 atom stereocenters. The molecule has 1 amide bonds. The lowest BCUT2D eigenvalue weighted by Crippen LogP contribution is -2.44. The van der Waals surface area contributed by atoms with E-state index in [-0.39, 0.29) is 30.3 Å². The smallest absolute Gasteiger partial charge is 0.323 e. The highest BCUT2D eigenvalue weighted by Gasteiger charge is 2.31. The van der Waals surface area contributed by atoms with Crippen LogP contribution in [0.5, 0.6) is 0 Å². The fraction of sp³-hybridized carbons (Fsp3) is 0.529. The number of carbonyl (C=O) groups is 2. The summed E-state index contributed by atoms with van der Waals surface area (Å²) in [6, 6.07) is 9.48. The van der Waals surface area contributed by atoms with Crippen LogP contribution in [0.3, 0.4) is 0 Å². The van der Waals surface area contributed by atoms with Gasteiger partial charge in [0.25, 0.3) is 0 Å². The van der Waals surface area contributed by atoms with E-state index in [0.717, 1.165) is 12.0 Å². The lowest BCUT2D eigenvalue weighted by atomic mass is 9.84. The molecule has 0 aliphatic heterocycles. The monoisotopic (exact) mass is 291 g/mol. The molecule has 4 nitrogen and oxygen atoms in total. The van der Waals surface area contributed by atoms with Gasteiger partial charge in [0.05, 0.1) is 5.92 Å². The normalized spacial score (nSPS) is 13.8. The number of carboxylic acid groups (broad SMARTS) is 1. The van der Waals surface area contributed by atoms with Crippen molar-refractivity contribution < 1.29 is 14.7 Å². The Morgan fingerprint density at radius 3 is 2.14 bits per heavy atom. The number of hydrogen-bond donors (Lipinski definition) is 1. The second-order valence-corrected chi connectivity index (χ2v) is 5.73. The highest BCUT2D eigenvalue weighted by atomic mass is 16.4. The second-order valence-electron chi connectivity index (χ2n) is 5.73. The fourth-order valence-corrected chi connectivity index (χ4v) is 2.45. The Kier molecular flexibility index (Phi) is 6.40. The van der Waals surface area contributed by atoms with E-state index in [9.17, 15) is 9.59 Å². The lowest BCUT2D eigenvalue weighted by molar-refractivity contribution is -0.147. The molecule has 0 aromatic heterocycles. The van der Waals surface area contributed by atoms with E-state index >= 15 is 0 Å². The molecular weight excluding hydrogens is 266 g/mol. The topological polar surface area (TPSA) is 57.6 Å². The Bertz CT molecular complexity index is 470. The van der Waals surface area contributed by atoms with E-state index in [4.69, 9.17) is 5.11 Å². The van der Waals surface area contributed by atoms with Gasteiger partial charge in [-0.15, -0.1) is 0 Å². The van der Waals surface area contributed by atoms with Crippen LogP contribution in [0.25, 0.3) is 0 Å². The summed E-state index contributed by atoms with van der Waals surface area (Å²) in [6.07, 6.45) is 0.865. The van der Waals surface area contributed by atoms with Crippen molar-refractivity contribution in [3.63, 3.8) is 0 Å². The van der Waals surface area contributed by atoms with Gasteiger partial charge in [0, 0.05) is 6.04 Å². The van der Waals surface area contributed by atoms with E-state index in [1.165, 1.54) is 4.90 Å². The average molecular weight is 291 g/mol. The van der Waals surface area contributed by atoms with Crippen LogP contribution < -0.4 is 0 Å². The molecule has 4 heteroatoms.